The first-order valence-electron chi connectivity index (χ1n) is 7.52. The maximum Gasteiger partial charge on any atom is 0.390 e. The van der Waals surface area contributed by atoms with Gasteiger partial charge in [-0.3, -0.25) is 4.31 Å². The van der Waals surface area contributed by atoms with Crippen LogP contribution in [0.4, 0.5) is 18.2 Å². The van der Waals surface area contributed by atoms with Gasteiger partial charge in [-0.15, -0.1) is 11.3 Å². The van der Waals surface area contributed by atoms with Crippen molar-refractivity contribution in [3.63, 3.8) is 0 Å². The van der Waals surface area contributed by atoms with Crippen molar-refractivity contribution in [1.82, 2.24) is 0 Å². The second-order valence-electron chi connectivity index (χ2n) is 5.47. The zero-order chi connectivity index (χ0) is 18.9. The summed E-state index contributed by atoms with van der Waals surface area (Å²) in [4.78, 5) is -0.0495. The van der Waals surface area contributed by atoms with Gasteiger partial charge in [-0.05, 0) is 34.1 Å². The summed E-state index contributed by atoms with van der Waals surface area (Å²) in [5.41, 5.74) is 0. The topological polar surface area (TPSA) is 37.4 Å². The molecule has 138 valence electrons. The molecule has 0 aliphatic heterocycles. The second kappa shape index (κ2) is 7.21. The molecule has 0 fully saturated rings. The molecule has 0 aliphatic rings. The van der Waals surface area contributed by atoms with Gasteiger partial charge in [-0.1, -0.05) is 36.4 Å². The Bertz CT molecular complexity index is 1020. The quantitative estimate of drug-likeness (QED) is 0.478. The summed E-state index contributed by atoms with van der Waals surface area (Å²) in [7, 11) is -4.13. The Morgan fingerprint density at radius 3 is 2.23 bits per heavy atom. The second-order valence-corrected chi connectivity index (χ2v) is 9.16. The van der Waals surface area contributed by atoms with Crippen molar-refractivity contribution in [2.75, 3.05) is 10.8 Å². The number of benzene rings is 2. The average molecular weight is 464 g/mol. The fourth-order valence-corrected chi connectivity index (χ4v) is 6.32. The van der Waals surface area contributed by atoms with Crippen molar-refractivity contribution < 1.29 is 21.6 Å². The van der Waals surface area contributed by atoms with E-state index in [1.165, 1.54) is 24.3 Å². The van der Waals surface area contributed by atoms with Crippen molar-refractivity contribution in [2.24, 2.45) is 0 Å². The van der Waals surface area contributed by atoms with Crippen LogP contribution in [-0.2, 0) is 10.0 Å². The molecule has 1 aromatic heterocycles. The number of alkyl halides is 3. The van der Waals surface area contributed by atoms with E-state index in [4.69, 9.17) is 0 Å². The summed E-state index contributed by atoms with van der Waals surface area (Å²) >= 11 is 4.50. The van der Waals surface area contributed by atoms with Gasteiger partial charge in [0.05, 0.1) is 15.8 Å². The summed E-state index contributed by atoms with van der Waals surface area (Å²) in [5.74, 6) is 0. The number of hydrogen-bond acceptors (Lipinski definition) is 3. The zero-order valence-electron chi connectivity index (χ0n) is 13.2. The molecule has 0 spiro atoms. The van der Waals surface area contributed by atoms with E-state index in [-0.39, 0.29) is 9.90 Å². The van der Waals surface area contributed by atoms with Crippen LogP contribution in [0.5, 0.6) is 0 Å². The molecular weight excluding hydrogens is 451 g/mol. The van der Waals surface area contributed by atoms with Gasteiger partial charge in [0.25, 0.3) is 10.0 Å². The van der Waals surface area contributed by atoms with Gasteiger partial charge in [0.1, 0.15) is 5.00 Å². The molecule has 9 heteroatoms. The first-order valence-corrected chi connectivity index (χ1v) is 10.6. The number of rotatable bonds is 5. The molecule has 0 amide bonds. The minimum Gasteiger partial charge on any atom is -0.256 e. The number of anilines is 1. The third kappa shape index (κ3) is 3.89. The molecule has 0 unspecified atom stereocenters. The van der Waals surface area contributed by atoms with Crippen LogP contribution in [0.3, 0.4) is 0 Å². The standard InChI is InChI=1S/C17H13BrF3NO2S2/c18-15-13-8-4-5-9-14(13)25-16(15)22(11-10-17(19,20)21)26(23,24)12-6-2-1-3-7-12/h1-9H,10-11H2. The van der Waals surface area contributed by atoms with Gasteiger partial charge in [0, 0.05) is 16.6 Å². The summed E-state index contributed by atoms with van der Waals surface area (Å²) in [6.45, 7) is -0.688. The SMILES string of the molecule is O=S(=O)(c1ccccc1)N(CCC(F)(F)F)c1sc2ccccc2c1Br. The molecule has 1 heterocycles. The van der Waals surface area contributed by atoms with Gasteiger partial charge >= 0.3 is 6.18 Å². The molecular formula is C17H13BrF3NO2S2. The highest BCUT2D eigenvalue weighted by Crippen LogP contribution is 2.44. The van der Waals surface area contributed by atoms with Gasteiger partial charge < -0.3 is 0 Å². The molecule has 0 radical (unpaired) electrons. The Hall–Kier alpha value is -1.58. The third-order valence-electron chi connectivity index (χ3n) is 3.67. The van der Waals surface area contributed by atoms with E-state index in [0.717, 1.165) is 25.7 Å². The van der Waals surface area contributed by atoms with Crippen LogP contribution in [0.2, 0.25) is 0 Å². The van der Waals surface area contributed by atoms with E-state index in [9.17, 15) is 21.6 Å². The Morgan fingerprint density at radius 1 is 1.00 bits per heavy atom. The van der Waals surface area contributed by atoms with E-state index in [1.54, 1.807) is 30.3 Å². The summed E-state index contributed by atoms with van der Waals surface area (Å²) < 4.78 is 66.5. The summed E-state index contributed by atoms with van der Waals surface area (Å²) in [5, 5.41) is 0.993. The Labute approximate surface area is 161 Å². The Kier molecular flexibility index (Phi) is 5.32. The van der Waals surface area contributed by atoms with Gasteiger partial charge in [0.2, 0.25) is 0 Å². The highest BCUT2D eigenvalue weighted by atomic mass is 79.9. The first-order chi connectivity index (χ1) is 12.2. The minimum atomic E-state index is -4.46. The van der Waals surface area contributed by atoms with Gasteiger partial charge in [0.15, 0.2) is 0 Å². The Balaban J connectivity index is 2.13. The van der Waals surface area contributed by atoms with Crippen LogP contribution >= 0.6 is 27.3 Å². The highest BCUT2D eigenvalue weighted by molar-refractivity contribution is 9.10. The smallest absolute Gasteiger partial charge is 0.256 e. The number of thiophene rings is 1. The van der Waals surface area contributed by atoms with Gasteiger partial charge in [-0.25, -0.2) is 8.42 Å². The van der Waals surface area contributed by atoms with E-state index in [0.29, 0.717) is 4.47 Å². The van der Waals surface area contributed by atoms with Crippen molar-refractivity contribution in [2.45, 2.75) is 17.5 Å². The first kappa shape index (κ1) is 19.2. The predicted molar refractivity (Wildman–Crippen MR) is 101 cm³/mol. The average Bonchev–Trinajstić information content (AvgIpc) is 2.92. The van der Waals surface area contributed by atoms with Crippen LogP contribution in [0.15, 0.2) is 64.0 Å². The molecule has 0 saturated heterocycles. The van der Waals surface area contributed by atoms with Crippen LogP contribution in [0.25, 0.3) is 10.1 Å². The Morgan fingerprint density at radius 2 is 1.62 bits per heavy atom. The van der Waals surface area contributed by atoms with Gasteiger partial charge in [-0.2, -0.15) is 13.2 Å². The fourth-order valence-electron chi connectivity index (χ4n) is 2.44. The number of fused-ring (bicyclic) bond motifs is 1. The number of sulfonamides is 1. The van der Waals surface area contributed by atoms with Crippen LogP contribution in [0, 0.1) is 0 Å². The lowest BCUT2D eigenvalue weighted by Crippen LogP contribution is -2.34. The van der Waals surface area contributed by atoms with Crippen molar-refractivity contribution in [3.8, 4) is 0 Å². The lowest BCUT2D eigenvalue weighted by Gasteiger charge is -2.24. The maximum atomic E-state index is 13.0. The molecule has 26 heavy (non-hydrogen) atoms. The molecule has 0 aliphatic carbocycles. The molecule has 3 aromatic rings. The van der Waals surface area contributed by atoms with Crippen molar-refractivity contribution >= 4 is 52.4 Å². The van der Waals surface area contributed by atoms with Crippen LogP contribution in [0.1, 0.15) is 6.42 Å². The zero-order valence-corrected chi connectivity index (χ0v) is 16.4. The highest BCUT2D eigenvalue weighted by Gasteiger charge is 2.34. The van der Waals surface area contributed by atoms with E-state index in [2.05, 4.69) is 15.9 Å². The molecule has 0 N–H and O–H groups in total. The lowest BCUT2D eigenvalue weighted by atomic mass is 10.3. The number of nitrogens with zero attached hydrogens (tertiary/aromatic N) is 1. The fraction of sp³-hybridized carbons (Fsp3) is 0.176. The number of hydrogen-bond donors (Lipinski definition) is 0. The number of halogens is 4. The largest absolute Gasteiger partial charge is 0.390 e. The van der Waals surface area contributed by atoms with E-state index >= 15 is 0 Å². The van der Waals surface area contributed by atoms with Crippen LogP contribution < -0.4 is 4.31 Å². The molecule has 0 atom stereocenters. The van der Waals surface area contributed by atoms with Crippen molar-refractivity contribution in [1.29, 1.82) is 0 Å². The summed E-state index contributed by atoms with van der Waals surface area (Å²) in [6.07, 6.45) is -5.70. The predicted octanol–water partition coefficient (Wildman–Crippen LogP) is 5.81. The van der Waals surface area contributed by atoms with Crippen molar-refractivity contribution in [3.05, 3.63) is 59.1 Å². The van der Waals surface area contributed by atoms with Crippen LogP contribution in [-0.4, -0.2) is 21.1 Å². The minimum absolute atomic E-state index is 0.0495. The monoisotopic (exact) mass is 463 g/mol. The summed E-state index contributed by atoms with van der Waals surface area (Å²) in [6, 6.07) is 14.6. The van der Waals surface area contributed by atoms with E-state index < -0.39 is 29.2 Å². The third-order valence-corrected chi connectivity index (χ3v) is 7.86. The normalized spacial score (nSPS) is 12.5. The molecule has 3 nitrogen and oxygen atoms in total. The molecule has 3 rings (SSSR count). The van der Waals surface area contributed by atoms with E-state index in [1.807, 2.05) is 0 Å². The maximum absolute atomic E-state index is 13.0. The molecule has 2 aromatic carbocycles. The molecule has 0 bridgehead atoms. The lowest BCUT2D eigenvalue weighted by molar-refractivity contribution is -0.131. The molecule has 0 saturated carbocycles.